The first-order valence-corrected chi connectivity index (χ1v) is 7.38. The maximum absolute atomic E-state index is 14.2. The molecular formula is C16H25FN2O. The fraction of sp³-hybridized carbons (Fsp3) is 0.625. The minimum Gasteiger partial charge on any atom is -0.496 e. The van der Waals surface area contributed by atoms with Crippen LogP contribution in [0.2, 0.25) is 0 Å². The van der Waals surface area contributed by atoms with E-state index < -0.39 is 0 Å². The number of benzene rings is 1. The number of nitrogens with two attached hydrogens (primary N) is 1. The first-order chi connectivity index (χ1) is 9.60. The minimum absolute atomic E-state index is 0.0255. The van der Waals surface area contributed by atoms with Gasteiger partial charge in [0, 0.05) is 24.2 Å². The second-order valence-corrected chi connectivity index (χ2v) is 5.69. The predicted octanol–water partition coefficient (Wildman–Crippen LogP) is 2.95. The molecule has 0 aromatic heterocycles. The average molecular weight is 280 g/mol. The summed E-state index contributed by atoms with van der Waals surface area (Å²) in [4.78, 5) is 2.33. The van der Waals surface area contributed by atoms with E-state index in [4.69, 9.17) is 10.5 Å². The van der Waals surface area contributed by atoms with Gasteiger partial charge in [-0.25, -0.2) is 4.39 Å². The highest BCUT2D eigenvalue weighted by Gasteiger charge is 2.33. The lowest BCUT2D eigenvalue weighted by atomic mass is 9.88. The van der Waals surface area contributed by atoms with Crippen molar-refractivity contribution in [3.63, 3.8) is 0 Å². The number of halogens is 1. The molecule has 0 bridgehead atoms. The molecule has 0 aliphatic carbocycles. The van der Waals surface area contributed by atoms with Gasteiger partial charge in [-0.15, -0.1) is 0 Å². The largest absolute Gasteiger partial charge is 0.496 e. The normalized spacial score (nSPS) is 25.4. The maximum atomic E-state index is 14.2. The van der Waals surface area contributed by atoms with Crippen LogP contribution in [-0.4, -0.2) is 31.1 Å². The van der Waals surface area contributed by atoms with Crippen molar-refractivity contribution in [1.82, 2.24) is 4.90 Å². The zero-order valence-corrected chi connectivity index (χ0v) is 12.6. The van der Waals surface area contributed by atoms with E-state index in [0.717, 1.165) is 13.0 Å². The fourth-order valence-electron chi connectivity index (χ4n) is 3.40. The van der Waals surface area contributed by atoms with Gasteiger partial charge in [0.15, 0.2) is 0 Å². The molecule has 20 heavy (non-hydrogen) atoms. The summed E-state index contributed by atoms with van der Waals surface area (Å²) in [5.74, 6) is 0.964. The Morgan fingerprint density at radius 1 is 1.50 bits per heavy atom. The molecule has 0 spiro atoms. The molecule has 2 rings (SSSR count). The lowest BCUT2D eigenvalue weighted by Gasteiger charge is -2.43. The number of piperidine rings is 1. The monoisotopic (exact) mass is 280 g/mol. The SMILES string of the molecule is COc1cccc(F)c1C(C)N1CCCC(C)C1CN. The van der Waals surface area contributed by atoms with Crippen LogP contribution in [0.1, 0.15) is 38.3 Å². The van der Waals surface area contributed by atoms with Crippen molar-refractivity contribution in [2.75, 3.05) is 20.2 Å². The van der Waals surface area contributed by atoms with Crippen molar-refractivity contribution in [2.45, 2.75) is 38.8 Å². The molecular weight excluding hydrogens is 255 g/mol. The third-order valence-corrected chi connectivity index (χ3v) is 4.55. The fourth-order valence-corrected chi connectivity index (χ4v) is 3.40. The van der Waals surface area contributed by atoms with Crippen LogP contribution in [0.3, 0.4) is 0 Å². The van der Waals surface area contributed by atoms with E-state index in [9.17, 15) is 4.39 Å². The number of hydrogen-bond donors (Lipinski definition) is 1. The van der Waals surface area contributed by atoms with Gasteiger partial charge >= 0.3 is 0 Å². The highest BCUT2D eigenvalue weighted by molar-refractivity contribution is 5.37. The summed E-state index contributed by atoms with van der Waals surface area (Å²) >= 11 is 0. The van der Waals surface area contributed by atoms with Crippen molar-refractivity contribution in [3.8, 4) is 5.75 Å². The molecule has 3 atom stereocenters. The molecule has 4 heteroatoms. The first-order valence-electron chi connectivity index (χ1n) is 7.38. The first kappa shape index (κ1) is 15.3. The van der Waals surface area contributed by atoms with Crippen molar-refractivity contribution in [1.29, 1.82) is 0 Å². The van der Waals surface area contributed by atoms with E-state index in [1.807, 2.05) is 13.0 Å². The van der Waals surface area contributed by atoms with Crippen molar-refractivity contribution in [2.24, 2.45) is 11.7 Å². The summed E-state index contributed by atoms with van der Waals surface area (Å²) in [6.07, 6.45) is 2.33. The van der Waals surface area contributed by atoms with E-state index in [0.29, 0.717) is 29.8 Å². The zero-order valence-electron chi connectivity index (χ0n) is 12.6. The molecule has 1 aromatic carbocycles. The van der Waals surface area contributed by atoms with Gasteiger partial charge in [-0.1, -0.05) is 13.0 Å². The molecule has 112 valence electrons. The van der Waals surface area contributed by atoms with Crippen LogP contribution in [0, 0.1) is 11.7 Å². The van der Waals surface area contributed by atoms with Crippen molar-refractivity contribution < 1.29 is 9.13 Å². The van der Waals surface area contributed by atoms with Crippen LogP contribution in [0.4, 0.5) is 4.39 Å². The van der Waals surface area contributed by atoms with Gasteiger partial charge in [0.05, 0.1) is 7.11 Å². The van der Waals surface area contributed by atoms with Gasteiger partial charge in [0.25, 0.3) is 0 Å². The molecule has 1 heterocycles. The van der Waals surface area contributed by atoms with Crippen LogP contribution in [-0.2, 0) is 0 Å². The molecule has 2 N–H and O–H groups in total. The molecule has 3 unspecified atom stereocenters. The van der Waals surface area contributed by atoms with Crippen LogP contribution in [0.5, 0.6) is 5.75 Å². The molecule has 0 radical (unpaired) electrons. The summed E-state index contributed by atoms with van der Waals surface area (Å²) in [6.45, 7) is 5.85. The molecule has 1 saturated heterocycles. The Bertz CT molecular complexity index is 452. The molecule has 1 aliphatic rings. The third-order valence-electron chi connectivity index (χ3n) is 4.55. The smallest absolute Gasteiger partial charge is 0.131 e. The predicted molar refractivity (Wildman–Crippen MR) is 79.3 cm³/mol. The van der Waals surface area contributed by atoms with E-state index >= 15 is 0 Å². The topological polar surface area (TPSA) is 38.5 Å². The number of likely N-dealkylation sites (tertiary alicyclic amines) is 1. The number of nitrogens with zero attached hydrogens (tertiary/aromatic N) is 1. The second kappa shape index (κ2) is 6.55. The number of hydrogen-bond acceptors (Lipinski definition) is 3. The Hall–Kier alpha value is -1.13. The zero-order chi connectivity index (χ0) is 14.7. The highest BCUT2D eigenvalue weighted by Crippen LogP contribution is 2.36. The summed E-state index contributed by atoms with van der Waals surface area (Å²) < 4.78 is 19.6. The highest BCUT2D eigenvalue weighted by atomic mass is 19.1. The minimum atomic E-state index is -0.203. The van der Waals surface area contributed by atoms with E-state index in [2.05, 4.69) is 11.8 Å². The summed E-state index contributed by atoms with van der Waals surface area (Å²) in [5.41, 5.74) is 6.58. The summed E-state index contributed by atoms with van der Waals surface area (Å²) in [7, 11) is 1.59. The van der Waals surface area contributed by atoms with Gasteiger partial charge in [0.2, 0.25) is 0 Å². The van der Waals surface area contributed by atoms with Gasteiger partial charge in [0.1, 0.15) is 11.6 Å². The Kier molecular flexibility index (Phi) is 5.00. The quantitative estimate of drug-likeness (QED) is 0.921. The van der Waals surface area contributed by atoms with Crippen molar-refractivity contribution in [3.05, 3.63) is 29.6 Å². The van der Waals surface area contributed by atoms with Crippen LogP contribution in [0.15, 0.2) is 18.2 Å². The van der Waals surface area contributed by atoms with Crippen LogP contribution >= 0.6 is 0 Å². The number of ether oxygens (including phenoxy) is 1. The van der Waals surface area contributed by atoms with Crippen molar-refractivity contribution >= 4 is 0 Å². The van der Waals surface area contributed by atoms with Gasteiger partial charge in [-0.3, -0.25) is 4.90 Å². The number of methoxy groups -OCH3 is 1. The second-order valence-electron chi connectivity index (χ2n) is 5.69. The average Bonchev–Trinajstić information content (AvgIpc) is 2.46. The van der Waals surface area contributed by atoms with Gasteiger partial charge in [-0.2, -0.15) is 0 Å². The standard InChI is InChI=1S/C16H25FN2O/c1-11-6-5-9-19(14(11)10-18)12(2)16-13(17)7-4-8-15(16)20-3/h4,7-8,11-12,14H,5-6,9-10,18H2,1-3H3. The van der Waals surface area contributed by atoms with E-state index in [1.54, 1.807) is 13.2 Å². The lowest BCUT2D eigenvalue weighted by molar-refractivity contribution is 0.0664. The van der Waals surface area contributed by atoms with E-state index in [-0.39, 0.29) is 11.9 Å². The van der Waals surface area contributed by atoms with Gasteiger partial charge in [-0.05, 0) is 44.4 Å². The Morgan fingerprint density at radius 2 is 2.25 bits per heavy atom. The molecule has 1 fully saturated rings. The van der Waals surface area contributed by atoms with Gasteiger partial charge < -0.3 is 10.5 Å². The molecule has 0 amide bonds. The molecule has 3 nitrogen and oxygen atoms in total. The third kappa shape index (κ3) is 2.81. The van der Waals surface area contributed by atoms with E-state index in [1.165, 1.54) is 12.5 Å². The lowest BCUT2D eigenvalue weighted by Crippen LogP contribution is -2.49. The Labute approximate surface area is 120 Å². The van der Waals surface area contributed by atoms with Crippen LogP contribution in [0.25, 0.3) is 0 Å². The molecule has 0 saturated carbocycles. The maximum Gasteiger partial charge on any atom is 0.131 e. The Morgan fingerprint density at radius 3 is 2.90 bits per heavy atom. The molecule has 1 aromatic rings. The molecule has 1 aliphatic heterocycles. The number of rotatable bonds is 4. The summed E-state index contributed by atoms with van der Waals surface area (Å²) in [6, 6.07) is 5.29. The van der Waals surface area contributed by atoms with Crippen LogP contribution < -0.4 is 10.5 Å². The summed E-state index contributed by atoms with van der Waals surface area (Å²) in [5, 5.41) is 0. The Balaban J connectivity index is 2.32.